The standard InChI is InChI=1S/C14H18BrNO2/c1-9-4-5-11(12(15)8-9)13(17)16-14(3)6-7-18-10(14)2/h4-5,8,10H,6-7H2,1-3H3,(H,16,17). The van der Waals surface area contributed by atoms with Crippen LogP contribution in [0.2, 0.25) is 0 Å². The zero-order chi connectivity index (χ0) is 13.3. The minimum atomic E-state index is -0.276. The van der Waals surface area contributed by atoms with Gasteiger partial charge in [-0.25, -0.2) is 0 Å². The summed E-state index contributed by atoms with van der Waals surface area (Å²) in [7, 11) is 0. The summed E-state index contributed by atoms with van der Waals surface area (Å²) in [5.74, 6) is -0.0540. The smallest absolute Gasteiger partial charge is 0.252 e. The molecule has 2 unspecified atom stereocenters. The van der Waals surface area contributed by atoms with E-state index in [0.717, 1.165) is 16.5 Å². The average molecular weight is 312 g/mol. The molecule has 3 nitrogen and oxygen atoms in total. The van der Waals surface area contributed by atoms with Crippen LogP contribution in [0, 0.1) is 6.92 Å². The number of carbonyl (C=O) groups excluding carboxylic acids is 1. The molecule has 18 heavy (non-hydrogen) atoms. The number of halogens is 1. The fourth-order valence-corrected chi connectivity index (χ4v) is 2.80. The van der Waals surface area contributed by atoms with Crippen molar-refractivity contribution in [3.8, 4) is 0 Å². The zero-order valence-electron chi connectivity index (χ0n) is 10.9. The van der Waals surface area contributed by atoms with E-state index >= 15 is 0 Å². The van der Waals surface area contributed by atoms with Crippen molar-refractivity contribution in [2.24, 2.45) is 0 Å². The molecule has 0 bridgehead atoms. The molecule has 2 rings (SSSR count). The molecule has 1 aromatic rings. The lowest BCUT2D eigenvalue weighted by molar-refractivity contribution is 0.0727. The summed E-state index contributed by atoms with van der Waals surface area (Å²) in [6.07, 6.45) is 0.898. The summed E-state index contributed by atoms with van der Waals surface area (Å²) in [6, 6.07) is 5.74. The number of nitrogens with one attached hydrogen (secondary N) is 1. The van der Waals surface area contributed by atoms with Gasteiger partial charge < -0.3 is 10.1 Å². The number of hydrogen-bond donors (Lipinski definition) is 1. The van der Waals surface area contributed by atoms with Gasteiger partial charge >= 0.3 is 0 Å². The van der Waals surface area contributed by atoms with Crippen molar-refractivity contribution in [3.05, 3.63) is 33.8 Å². The van der Waals surface area contributed by atoms with Crippen LogP contribution < -0.4 is 5.32 Å². The molecular weight excluding hydrogens is 294 g/mol. The van der Waals surface area contributed by atoms with Gasteiger partial charge in [0.25, 0.3) is 5.91 Å². The molecule has 1 fully saturated rings. The lowest BCUT2D eigenvalue weighted by atomic mass is 9.94. The highest BCUT2D eigenvalue weighted by Gasteiger charge is 2.38. The van der Waals surface area contributed by atoms with Crippen LogP contribution in [0.1, 0.15) is 36.2 Å². The van der Waals surface area contributed by atoms with E-state index in [1.807, 2.05) is 39.0 Å². The van der Waals surface area contributed by atoms with Crippen LogP contribution >= 0.6 is 15.9 Å². The van der Waals surface area contributed by atoms with Gasteiger partial charge in [0.05, 0.1) is 17.2 Å². The van der Waals surface area contributed by atoms with Crippen LogP contribution in [0.5, 0.6) is 0 Å². The predicted octanol–water partition coefficient (Wildman–Crippen LogP) is 3.05. The Balaban J connectivity index is 2.17. The molecule has 0 aliphatic carbocycles. The average Bonchev–Trinajstić information content (AvgIpc) is 2.58. The normalized spacial score (nSPS) is 27.2. The van der Waals surface area contributed by atoms with E-state index in [9.17, 15) is 4.79 Å². The zero-order valence-corrected chi connectivity index (χ0v) is 12.5. The number of benzene rings is 1. The highest BCUT2D eigenvalue weighted by molar-refractivity contribution is 9.10. The molecule has 2 atom stereocenters. The molecule has 1 aliphatic rings. The van der Waals surface area contributed by atoms with Gasteiger partial charge in [0, 0.05) is 11.1 Å². The first-order valence-corrected chi connectivity index (χ1v) is 6.92. The first-order chi connectivity index (χ1) is 8.42. The van der Waals surface area contributed by atoms with Crippen LogP contribution in [0.15, 0.2) is 22.7 Å². The number of amides is 1. The third-order valence-corrected chi connectivity index (χ3v) is 4.31. The van der Waals surface area contributed by atoms with Crippen LogP contribution in [0.4, 0.5) is 0 Å². The van der Waals surface area contributed by atoms with Crippen molar-refractivity contribution >= 4 is 21.8 Å². The highest BCUT2D eigenvalue weighted by Crippen LogP contribution is 2.26. The van der Waals surface area contributed by atoms with Crippen LogP contribution in [0.25, 0.3) is 0 Å². The van der Waals surface area contributed by atoms with Crippen LogP contribution in [-0.2, 0) is 4.74 Å². The Bertz CT molecular complexity index is 475. The Morgan fingerprint density at radius 2 is 2.28 bits per heavy atom. The summed E-state index contributed by atoms with van der Waals surface area (Å²) >= 11 is 3.44. The topological polar surface area (TPSA) is 38.3 Å². The molecule has 1 heterocycles. The van der Waals surface area contributed by atoms with Crippen molar-refractivity contribution in [2.45, 2.75) is 38.8 Å². The van der Waals surface area contributed by atoms with Gasteiger partial charge in [0.15, 0.2) is 0 Å². The third-order valence-electron chi connectivity index (χ3n) is 3.65. The Kier molecular flexibility index (Phi) is 3.78. The number of carbonyl (C=O) groups is 1. The molecule has 1 N–H and O–H groups in total. The fraction of sp³-hybridized carbons (Fsp3) is 0.500. The first kappa shape index (κ1) is 13.6. The van der Waals surface area contributed by atoms with Gasteiger partial charge in [-0.1, -0.05) is 6.07 Å². The molecule has 0 aromatic heterocycles. The Hall–Kier alpha value is -0.870. The molecule has 4 heteroatoms. The third kappa shape index (κ3) is 2.59. The van der Waals surface area contributed by atoms with Crippen LogP contribution in [-0.4, -0.2) is 24.2 Å². The van der Waals surface area contributed by atoms with E-state index < -0.39 is 0 Å². The molecule has 0 radical (unpaired) electrons. The summed E-state index contributed by atoms with van der Waals surface area (Å²) in [6.45, 7) is 6.73. The van der Waals surface area contributed by atoms with Crippen molar-refractivity contribution < 1.29 is 9.53 Å². The maximum absolute atomic E-state index is 12.3. The molecule has 98 valence electrons. The maximum Gasteiger partial charge on any atom is 0.252 e. The van der Waals surface area contributed by atoms with Gasteiger partial charge in [0.2, 0.25) is 0 Å². The quantitative estimate of drug-likeness (QED) is 0.911. The monoisotopic (exact) mass is 311 g/mol. The van der Waals surface area contributed by atoms with E-state index in [1.54, 1.807) is 0 Å². The second-order valence-corrected chi connectivity index (χ2v) is 5.97. The molecular formula is C14H18BrNO2. The highest BCUT2D eigenvalue weighted by atomic mass is 79.9. The minimum Gasteiger partial charge on any atom is -0.376 e. The summed E-state index contributed by atoms with van der Waals surface area (Å²) in [5, 5.41) is 3.09. The van der Waals surface area contributed by atoms with Crippen molar-refractivity contribution in [3.63, 3.8) is 0 Å². The number of rotatable bonds is 2. The van der Waals surface area contributed by atoms with Crippen LogP contribution in [0.3, 0.4) is 0 Å². The van der Waals surface area contributed by atoms with E-state index in [1.165, 1.54) is 0 Å². The Morgan fingerprint density at radius 3 is 2.83 bits per heavy atom. The maximum atomic E-state index is 12.3. The van der Waals surface area contributed by atoms with E-state index in [2.05, 4.69) is 21.2 Å². The van der Waals surface area contributed by atoms with Gasteiger partial charge in [-0.05, 0) is 60.8 Å². The SMILES string of the molecule is Cc1ccc(C(=O)NC2(C)CCOC2C)c(Br)c1. The second kappa shape index (κ2) is 5.02. The number of aryl methyl sites for hydroxylation is 1. The lowest BCUT2D eigenvalue weighted by Crippen LogP contribution is -2.50. The largest absolute Gasteiger partial charge is 0.376 e. The molecule has 0 spiro atoms. The fourth-order valence-electron chi connectivity index (χ4n) is 2.13. The van der Waals surface area contributed by atoms with Gasteiger partial charge in [-0.15, -0.1) is 0 Å². The van der Waals surface area contributed by atoms with Crippen molar-refractivity contribution in [2.75, 3.05) is 6.61 Å². The summed E-state index contributed by atoms with van der Waals surface area (Å²) in [4.78, 5) is 12.3. The molecule has 1 aliphatic heterocycles. The number of hydrogen-bond acceptors (Lipinski definition) is 2. The second-order valence-electron chi connectivity index (χ2n) is 5.12. The van der Waals surface area contributed by atoms with Gasteiger partial charge in [0.1, 0.15) is 0 Å². The van der Waals surface area contributed by atoms with Gasteiger partial charge in [-0.3, -0.25) is 4.79 Å². The van der Waals surface area contributed by atoms with Gasteiger partial charge in [-0.2, -0.15) is 0 Å². The van der Waals surface area contributed by atoms with E-state index in [4.69, 9.17) is 4.74 Å². The number of ether oxygens (including phenoxy) is 1. The van der Waals surface area contributed by atoms with Crippen molar-refractivity contribution in [1.82, 2.24) is 5.32 Å². The predicted molar refractivity (Wildman–Crippen MR) is 74.8 cm³/mol. The Morgan fingerprint density at radius 1 is 1.56 bits per heavy atom. The first-order valence-electron chi connectivity index (χ1n) is 6.13. The van der Waals surface area contributed by atoms with E-state index in [0.29, 0.717) is 12.2 Å². The minimum absolute atomic E-state index is 0.0469. The summed E-state index contributed by atoms with van der Waals surface area (Å²) in [5.41, 5.74) is 1.52. The van der Waals surface area contributed by atoms with E-state index in [-0.39, 0.29) is 17.6 Å². The molecule has 0 saturated carbocycles. The molecule has 1 amide bonds. The molecule has 1 saturated heterocycles. The van der Waals surface area contributed by atoms with Crippen molar-refractivity contribution in [1.29, 1.82) is 0 Å². The summed E-state index contributed by atoms with van der Waals surface area (Å²) < 4.78 is 6.36. The molecule has 1 aromatic carbocycles. The lowest BCUT2D eigenvalue weighted by Gasteiger charge is -2.29. The Labute approximate surface area is 116 Å².